The summed E-state index contributed by atoms with van der Waals surface area (Å²) < 4.78 is 17.1. The molecule has 10 nitrogen and oxygen atoms in total. The zero-order valence-electron chi connectivity index (χ0n) is 21.0. The number of urea groups is 1. The van der Waals surface area contributed by atoms with Gasteiger partial charge in [0.1, 0.15) is 11.3 Å². The molecule has 39 heavy (non-hydrogen) atoms. The number of methoxy groups -OCH3 is 1. The second-order valence-corrected chi connectivity index (χ2v) is 9.28. The molecule has 0 unspecified atom stereocenters. The molecule has 4 rings (SSSR count). The summed E-state index contributed by atoms with van der Waals surface area (Å²) in [7, 11) is 1.43. The first-order valence-corrected chi connectivity index (χ1v) is 12.9. The van der Waals surface area contributed by atoms with Gasteiger partial charge in [-0.3, -0.25) is 19.7 Å². The van der Waals surface area contributed by atoms with Gasteiger partial charge in [-0.05, 0) is 89.7 Å². The summed E-state index contributed by atoms with van der Waals surface area (Å²) in [5, 5.41) is 4.94. The number of benzene rings is 3. The highest BCUT2D eigenvalue weighted by Gasteiger charge is 2.37. The van der Waals surface area contributed by atoms with Gasteiger partial charge in [-0.25, -0.2) is 9.69 Å². The second-order valence-electron chi connectivity index (χ2n) is 8.12. The molecule has 1 saturated heterocycles. The molecule has 11 heteroatoms. The Morgan fingerprint density at radius 1 is 1.03 bits per heavy atom. The fourth-order valence-electron chi connectivity index (χ4n) is 3.74. The summed E-state index contributed by atoms with van der Waals surface area (Å²) >= 11 is 2.01. The summed E-state index contributed by atoms with van der Waals surface area (Å²) in [6, 6.07) is 17.7. The number of amides is 5. The van der Waals surface area contributed by atoms with Crippen molar-refractivity contribution in [2.24, 2.45) is 0 Å². The Hall–Kier alpha value is -4.39. The van der Waals surface area contributed by atoms with E-state index in [9.17, 15) is 19.2 Å². The Bertz CT molecular complexity index is 1440. The van der Waals surface area contributed by atoms with Crippen LogP contribution in [0.5, 0.6) is 17.2 Å². The van der Waals surface area contributed by atoms with Crippen molar-refractivity contribution in [1.29, 1.82) is 0 Å². The van der Waals surface area contributed by atoms with Crippen LogP contribution < -0.4 is 29.7 Å². The Kier molecular flexibility index (Phi) is 8.81. The standard InChI is InChI=1S/C28H24IN3O7/c1-3-38-20-11-9-19(10-12-20)32-27(35)21(26(34)31-28(32)36)13-17-14-22(29)25(23(15-17)37-2)39-16-24(33)30-18-7-5-4-6-8-18/h4-15H,3,16H2,1-2H3,(H,30,33)(H,31,34,36)/b21-13+. The molecule has 0 bridgehead atoms. The van der Waals surface area contributed by atoms with E-state index >= 15 is 0 Å². The molecule has 0 radical (unpaired) electrons. The van der Waals surface area contributed by atoms with Crippen molar-refractivity contribution >= 4 is 63.8 Å². The molecule has 0 aliphatic carbocycles. The zero-order valence-corrected chi connectivity index (χ0v) is 23.2. The van der Waals surface area contributed by atoms with Gasteiger partial charge in [-0.2, -0.15) is 0 Å². The number of para-hydroxylation sites is 1. The smallest absolute Gasteiger partial charge is 0.335 e. The van der Waals surface area contributed by atoms with Crippen molar-refractivity contribution in [3.05, 3.63) is 81.4 Å². The maximum Gasteiger partial charge on any atom is 0.335 e. The number of halogens is 1. The van der Waals surface area contributed by atoms with Crippen LogP contribution in [0.4, 0.5) is 16.2 Å². The largest absolute Gasteiger partial charge is 0.494 e. The molecule has 1 fully saturated rings. The van der Waals surface area contributed by atoms with Crippen molar-refractivity contribution < 1.29 is 33.4 Å². The Morgan fingerprint density at radius 3 is 2.41 bits per heavy atom. The van der Waals surface area contributed by atoms with Crippen molar-refractivity contribution in [2.45, 2.75) is 6.92 Å². The summed E-state index contributed by atoms with van der Waals surface area (Å²) in [6.45, 7) is 2.05. The van der Waals surface area contributed by atoms with E-state index in [0.717, 1.165) is 4.90 Å². The fraction of sp³-hybridized carbons (Fsp3) is 0.143. The molecule has 0 aromatic heterocycles. The monoisotopic (exact) mass is 641 g/mol. The van der Waals surface area contributed by atoms with Crippen molar-refractivity contribution in [3.8, 4) is 17.2 Å². The van der Waals surface area contributed by atoms with Gasteiger partial charge < -0.3 is 19.5 Å². The summed E-state index contributed by atoms with van der Waals surface area (Å²) in [4.78, 5) is 51.5. The third kappa shape index (κ3) is 6.55. The van der Waals surface area contributed by atoms with Crippen LogP contribution in [-0.2, 0) is 14.4 Å². The van der Waals surface area contributed by atoms with Gasteiger partial charge in [0.05, 0.1) is 23.0 Å². The number of hydrogen-bond donors (Lipinski definition) is 2. The highest BCUT2D eigenvalue weighted by Crippen LogP contribution is 2.35. The average molecular weight is 641 g/mol. The molecule has 0 atom stereocenters. The van der Waals surface area contributed by atoms with E-state index < -0.39 is 17.8 Å². The molecule has 200 valence electrons. The van der Waals surface area contributed by atoms with Crippen LogP contribution in [0.15, 0.2) is 72.3 Å². The highest BCUT2D eigenvalue weighted by atomic mass is 127. The number of ether oxygens (including phenoxy) is 3. The van der Waals surface area contributed by atoms with E-state index in [4.69, 9.17) is 14.2 Å². The van der Waals surface area contributed by atoms with Crippen molar-refractivity contribution in [3.63, 3.8) is 0 Å². The van der Waals surface area contributed by atoms with Gasteiger partial charge in [0.25, 0.3) is 17.7 Å². The minimum absolute atomic E-state index is 0.239. The van der Waals surface area contributed by atoms with Crippen molar-refractivity contribution in [2.75, 3.05) is 30.5 Å². The normalized spacial score (nSPS) is 14.2. The van der Waals surface area contributed by atoms with Crippen LogP contribution in [-0.4, -0.2) is 44.1 Å². The predicted octanol–water partition coefficient (Wildman–Crippen LogP) is 4.38. The number of imide groups is 2. The molecule has 2 N–H and O–H groups in total. The van der Waals surface area contributed by atoms with Crippen LogP contribution in [0.3, 0.4) is 0 Å². The Balaban J connectivity index is 1.55. The van der Waals surface area contributed by atoms with E-state index in [1.165, 1.54) is 13.2 Å². The summed E-state index contributed by atoms with van der Waals surface area (Å²) in [5.74, 6) is -0.745. The number of carbonyl (C=O) groups is 4. The van der Waals surface area contributed by atoms with Crippen LogP contribution in [0.1, 0.15) is 12.5 Å². The molecular formula is C28H24IN3O7. The van der Waals surface area contributed by atoms with E-state index in [1.807, 2.05) is 35.6 Å². The number of nitrogens with one attached hydrogen (secondary N) is 2. The third-order valence-electron chi connectivity index (χ3n) is 5.48. The highest BCUT2D eigenvalue weighted by molar-refractivity contribution is 14.1. The molecule has 1 aliphatic heterocycles. The van der Waals surface area contributed by atoms with E-state index in [0.29, 0.717) is 38.7 Å². The lowest BCUT2D eigenvalue weighted by Crippen LogP contribution is -2.54. The quantitative estimate of drug-likeness (QED) is 0.202. The third-order valence-corrected chi connectivity index (χ3v) is 6.28. The van der Waals surface area contributed by atoms with Crippen LogP contribution in [0.2, 0.25) is 0 Å². The maximum atomic E-state index is 13.2. The summed E-state index contributed by atoms with van der Waals surface area (Å²) in [6.07, 6.45) is 1.36. The van der Waals surface area contributed by atoms with Gasteiger partial charge in [0.15, 0.2) is 18.1 Å². The average Bonchev–Trinajstić information content (AvgIpc) is 2.91. The predicted molar refractivity (Wildman–Crippen MR) is 153 cm³/mol. The molecule has 0 saturated carbocycles. The Morgan fingerprint density at radius 2 is 1.74 bits per heavy atom. The van der Waals surface area contributed by atoms with Gasteiger partial charge in [0, 0.05) is 5.69 Å². The first kappa shape index (κ1) is 27.6. The Labute approximate surface area is 238 Å². The lowest BCUT2D eigenvalue weighted by molar-refractivity contribution is -0.122. The second kappa shape index (κ2) is 12.4. The number of nitrogens with zero attached hydrogens (tertiary/aromatic N) is 1. The first-order chi connectivity index (χ1) is 18.8. The van der Waals surface area contributed by atoms with Crippen molar-refractivity contribution in [1.82, 2.24) is 5.32 Å². The number of carbonyl (C=O) groups excluding carboxylic acids is 4. The molecular weight excluding hydrogens is 617 g/mol. The van der Waals surface area contributed by atoms with Crippen LogP contribution >= 0.6 is 22.6 Å². The fourth-order valence-corrected chi connectivity index (χ4v) is 4.52. The van der Waals surface area contributed by atoms with E-state index in [1.54, 1.807) is 60.7 Å². The summed E-state index contributed by atoms with van der Waals surface area (Å²) in [5.41, 5.74) is 1.14. The van der Waals surface area contributed by atoms with Gasteiger partial charge >= 0.3 is 6.03 Å². The van der Waals surface area contributed by atoms with E-state index in [-0.39, 0.29) is 23.8 Å². The lowest BCUT2D eigenvalue weighted by Gasteiger charge is -2.26. The number of barbiturate groups is 1. The molecule has 1 heterocycles. The zero-order chi connectivity index (χ0) is 27.9. The molecule has 5 amide bonds. The van der Waals surface area contributed by atoms with E-state index in [2.05, 4.69) is 10.6 Å². The topological polar surface area (TPSA) is 123 Å². The minimum atomic E-state index is -0.851. The maximum absolute atomic E-state index is 13.2. The van der Waals surface area contributed by atoms with Crippen LogP contribution in [0, 0.1) is 3.57 Å². The number of hydrogen-bond acceptors (Lipinski definition) is 7. The van der Waals surface area contributed by atoms with Gasteiger partial charge in [0.2, 0.25) is 0 Å². The molecule has 1 aliphatic rings. The van der Waals surface area contributed by atoms with Crippen LogP contribution in [0.25, 0.3) is 6.08 Å². The number of rotatable bonds is 9. The first-order valence-electron chi connectivity index (χ1n) is 11.8. The minimum Gasteiger partial charge on any atom is -0.494 e. The number of anilines is 2. The van der Waals surface area contributed by atoms with Gasteiger partial charge in [-0.15, -0.1) is 0 Å². The SMILES string of the molecule is CCOc1ccc(N2C(=O)NC(=O)/C(=C\c3cc(I)c(OCC(=O)Nc4ccccc4)c(OC)c3)C2=O)cc1. The molecule has 0 spiro atoms. The van der Waals surface area contributed by atoms with Gasteiger partial charge in [-0.1, -0.05) is 18.2 Å². The molecule has 3 aromatic carbocycles. The lowest BCUT2D eigenvalue weighted by atomic mass is 10.1. The molecule has 3 aromatic rings.